The zero-order chi connectivity index (χ0) is 17.7. The maximum Gasteiger partial charge on any atom is 0.349 e. The molecule has 0 bridgehead atoms. The maximum atomic E-state index is 12.0. The lowest BCUT2D eigenvalue weighted by Gasteiger charge is -2.12. The Balaban J connectivity index is 2.25. The highest BCUT2D eigenvalue weighted by atomic mass is 35.5. The van der Waals surface area contributed by atoms with E-state index in [0.29, 0.717) is 17.3 Å². The summed E-state index contributed by atoms with van der Waals surface area (Å²) in [6.07, 6.45) is 1.40. The van der Waals surface area contributed by atoms with Crippen LogP contribution >= 0.6 is 11.6 Å². The lowest BCUT2D eigenvalue weighted by Crippen LogP contribution is -2.24. The number of hydrogen-bond acceptors (Lipinski definition) is 6. The summed E-state index contributed by atoms with van der Waals surface area (Å²) in [4.78, 5) is 27.7. The number of nitrogens with zero attached hydrogens (tertiary/aromatic N) is 2. The molecule has 0 aliphatic rings. The standard InChI is InChI=1S/C16H18ClN3O4/c1-4-24-15(21)11-9-20(2)16(22)19-14(11)18-8-10-5-6-13(23-3)12(17)7-10/h5-7,9H,4,8H2,1-3H3,(H,18,19,22). The number of carbonyl (C=O) groups excluding carboxylic acids is 1. The van der Waals surface area contributed by atoms with E-state index in [1.54, 1.807) is 19.1 Å². The number of esters is 1. The normalized spacial score (nSPS) is 10.3. The molecule has 0 aliphatic heterocycles. The first-order valence-electron chi connectivity index (χ1n) is 7.27. The quantitative estimate of drug-likeness (QED) is 0.804. The van der Waals surface area contributed by atoms with Gasteiger partial charge in [0.2, 0.25) is 0 Å². The number of hydrogen-bond donors (Lipinski definition) is 1. The van der Waals surface area contributed by atoms with Crippen molar-refractivity contribution < 1.29 is 14.3 Å². The van der Waals surface area contributed by atoms with E-state index in [4.69, 9.17) is 21.1 Å². The van der Waals surface area contributed by atoms with Crippen LogP contribution in [0.1, 0.15) is 22.8 Å². The first kappa shape index (κ1) is 17.8. The van der Waals surface area contributed by atoms with Crippen LogP contribution in [0.15, 0.2) is 29.2 Å². The number of rotatable bonds is 6. The van der Waals surface area contributed by atoms with Crippen LogP contribution in [0.2, 0.25) is 5.02 Å². The molecule has 1 heterocycles. The molecule has 0 saturated heterocycles. The van der Waals surface area contributed by atoms with Gasteiger partial charge in [0, 0.05) is 19.8 Å². The monoisotopic (exact) mass is 351 g/mol. The van der Waals surface area contributed by atoms with Crippen molar-refractivity contribution in [3.63, 3.8) is 0 Å². The summed E-state index contributed by atoms with van der Waals surface area (Å²) in [6, 6.07) is 5.30. The first-order valence-corrected chi connectivity index (χ1v) is 7.65. The van der Waals surface area contributed by atoms with Crippen molar-refractivity contribution in [2.75, 3.05) is 19.0 Å². The van der Waals surface area contributed by atoms with Crippen LogP contribution < -0.4 is 15.7 Å². The minimum absolute atomic E-state index is 0.170. The second-order valence-corrected chi connectivity index (χ2v) is 5.35. The molecule has 0 atom stereocenters. The lowest BCUT2D eigenvalue weighted by molar-refractivity contribution is 0.0526. The highest BCUT2D eigenvalue weighted by Crippen LogP contribution is 2.25. The van der Waals surface area contributed by atoms with E-state index in [-0.39, 0.29) is 18.0 Å². The van der Waals surface area contributed by atoms with Crippen LogP contribution in [0.4, 0.5) is 5.82 Å². The zero-order valence-electron chi connectivity index (χ0n) is 13.6. The van der Waals surface area contributed by atoms with Crippen LogP contribution in [0.25, 0.3) is 0 Å². The Kier molecular flexibility index (Phi) is 5.81. The number of halogens is 1. The van der Waals surface area contributed by atoms with Gasteiger partial charge in [-0.05, 0) is 24.6 Å². The average Bonchev–Trinajstić information content (AvgIpc) is 2.55. The first-order chi connectivity index (χ1) is 11.5. The number of carbonyl (C=O) groups is 1. The van der Waals surface area contributed by atoms with Gasteiger partial charge >= 0.3 is 11.7 Å². The molecule has 0 amide bonds. The molecular formula is C16H18ClN3O4. The highest BCUT2D eigenvalue weighted by molar-refractivity contribution is 6.32. The number of anilines is 1. The Hall–Kier alpha value is -2.54. The van der Waals surface area contributed by atoms with Gasteiger partial charge in [0.05, 0.1) is 18.7 Å². The number of methoxy groups -OCH3 is 1. The summed E-state index contributed by atoms with van der Waals surface area (Å²) in [6.45, 7) is 2.27. The molecule has 24 heavy (non-hydrogen) atoms. The average molecular weight is 352 g/mol. The minimum Gasteiger partial charge on any atom is -0.495 e. The third kappa shape index (κ3) is 4.05. The second kappa shape index (κ2) is 7.83. The van der Waals surface area contributed by atoms with E-state index in [9.17, 15) is 9.59 Å². The molecule has 0 saturated carbocycles. The van der Waals surface area contributed by atoms with E-state index < -0.39 is 11.7 Å². The number of ether oxygens (including phenoxy) is 2. The Morgan fingerprint density at radius 1 is 1.42 bits per heavy atom. The van der Waals surface area contributed by atoms with Gasteiger partial charge in [-0.1, -0.05) is 17.7 Å². The van der Waals surface area contributed by atoms with Crippen molar-refractivity contribution in [3.8, 4) is 5.75 Å². The van der Waals surface area contributed by atoms with Crippen LogP contribution in [0, 0.1) is 0 Å². The second-order valence-electron chi connectivity index (χ2n) is 4.94. The van der Waals surface area contributed by atoms with Gasteiger partial charge in [-0.25, -0.2) is 9.59 Å². The molecule has 0 fully saturated rings. The number of nitrogens with one attached hydrogen (secondary N) is 1. The number of benzene rings is 1. The predicted molar refractivity (Wildman–Crippen MR) is 90.8 cm³/mol. The minimum atomic E-state index is -0.545. The molecule has 2 rings (SSSR count). The van der Waals surface area contributed by atoms with Gasteiger partial charge in [0.25, 0.3) is 0 Å². The topological polar surface area (TPSA) is 82.5 Å². The van der Waals surface area contributed by atoms with Crippen molar-refractivity contribution in [1.29, 1.82) is 0 Å². The smallest absolute Gasteiger partial charge is 0.349 e. The molecule has 8 heteroatoms. The molecule has 0 unspecified atom stereocenters. The summed E-state index contributed by atoms with van der Waals surface area (Å²) in [5, 5.41) is 3.45. The fourth-order valence-electron chi connectivity index (χ4n) is 2.04. The van der Waals surface area contributed by atoms with Crippen LogP contribution in [-0.4, -0.2) is 29.2 Å². The van der Waals surface area contributed by atoms with Crippen LogP contribution in [-0.2, 0) is 18.3 Å². The molecule has 1 aromatic carbocycles. The lowest BCUT2D eigenvalue weighted by atomic mass is 10.2. The van der Waals surface area contributed by atoms with Crippen molar-refractivity contribution in [1.82, 2.24) is 9.55 Å². The van der Waals surface area contributed by atoms with Gasteiger partial charge in [-0.15, -0.1) is 0 Å². The fourth-order valence-corrected chi connectivity index (χ4v) is 2.32. The highest BCUT2D eigenvalue weighted by Gasteiger charge is 2.16. The molecular weight excluding hydrogens is 334 g/mol. The Bertz CT molecular complexity index is 804. The Morgan fingerprint density at radius 3 is 2.79 bits per heavy atom. The largest absolute Gasteiger partial charge is 0.495 e. The van der Waals surface area contributed by atoms with Gasteiger partial charge in [-0.3, -0.25) is 0 Å². The van der Waals surface area contributed by atoms with E-state index >= 15 is 0 Å². The van der Waals surface area contributed by atoms with Crippen molar-refractivity contribution in [2.45, 2.75) is 13.5 Å². The molecule has 1 N–H and O–H groups in total. The molecule has 0 spiro atoms. The van der Waals surface area contributed by atoms with E-state index in [2.05, 4.69) is 10.3 Å². The fraction of sp³-hybridized carbons (Fsp3) is 0.312. The van der Waals surface area contributed by atoms with E-state index in [1.807, 2.05) is 6.07 Å². The molecule has 7 nitrogen and oxygen atoms in total. The molecule has 2 aromatic rings. The third-order valence-corrected chi connectivity index (χ3v) is 3.55. The molecule has 128 valence electrons. The van der Waals surface area contributed by atoms with Gasteiger partial charge < -0.3 is 19.4 Å². The summed E-state index contributed by atoms with van der Waals surface area (Å²) in [5.41, 5.74) is 0.565. The van der Waals surface area contributed by atoms with Crippen LogP contribution in [0.5, 0.6) is 5.75 Å². The van der Waals surface area contributed by atoms with Crippen LogP contribution in [0.3, 0.4) is 0 Å². The van der Waals surface area contributed by atoms with Crippen molar-refractivity contribution in [3.05, 3.63) is 51.0 Å². The van der Waals surface area contributed by atoms with Gasteiger partial charge in [-0.2, -0.15) is 4.98 Å². The number of aromatic nitrogens is 2. The van der Waals surface area contributed by atoms with Gasteiger partial charge in [0.1, 0.15) is 17.1 Å². The Labute approximate surface area is 144 Å². The summed E-state index contributed by atoms with van der Waals surface area (Å²) in [7, 11) is 3.06. The zero-order valence-corrected chi connectivity index (χ0v) is 14.4. The number of aryl methyl sites for hydroxylation is 1. The Morgan fingerprint density at radius 2 is 2.17 bits per heavy atom. The van der Waals surface area contributed by atoms with E-state index in [0.717, 1.165) is 5.56 Å². The molecule has 1 aromatic heterocycles. The summed E-state index contributed by atoms with van der Waals surface area (Å²) in [5.74, 6) is 0.193. The molecule has 0 radical (unpaired) electrons. The van der Waals surface area contributed by atoms with E-state index in [1.165, 1.54) is 24.9 Å². The van der Waals surface area contributed by atoms with Gasteiger partial charge in [0.15, 0.2) is 0 Å². The maximum absolute atomic E-state index is 12.0. The van der Waals surface area contributed by atoms with Crippen molar-refractivity contribution >= 4 is 23.4 Å². The SMILES string of the molecule is CCOC(=O)c1cn(C)c(=O)nc1NCc1ccc(OC)c(Cl)c1. The summed E-state index contributed by atoms with van der Waals surface area (Å²) < 4.78 is 11.3. The summed E-state index contributed by atoms with van der Waals surface area (Å²) >= 11 is 6.08. The third-order valence-electron chi connectivity index (χ3n) is 3.26. The molecule has 0 aliphatic carbocycles. The predicted octanol–water partition coefficient (Wildman–Crippen LogP) is 2.23. The van der Waals surface area contributed by atoms with Crippen molar-refractivity contribution in [2.24, 2.45) is 7.05 Å².